The molecule has 0 fully saturated rings. The molecule has 0 spiro atoms. The number of aromatic nitrogens is 3. The molecular formula is C12H16N4OS. The molecule has 0 aliphatic carbocycles. The highest BCUT2D eigenvalue weighted by Crippen LogP contribution is 2.25. The lowest BCUT2D eigenvalue weighted by Gasteiger charge is -2.08. The third-order valence-electron chi connectivity index (χ3n) is 2.54. The summed E-state index contributed by atoms with van der Waals surface area (Å²) in [5.41, 5.74) is 0.780. The summed E-state index contributed by atoms with van der Waals surface area (Å²) in [6.45, 7) is 5.17. The smallest absolute Gasteiger partial charge is 0.247 e. The van der Waals surface area contributed by atoms with E-state index in [4.69, 9.17) is 0 Å². The van der Waals surface area contributed by atoms with Gasteiger partial charge in [-0.2, -0.15) is 0 Å². The number of pyridine rings is 1. The van der Waals surface area contributed by atoms with Gasteiger partial charge in [0, 0.05) is 17.8 Å². The van der Waals surface area contributed by atoms with Crippen molar-refractivity contribution in [3.63, 3.8) is 0 Å². The zero-order valence-corrected chi connectivity index (χ0v) is 11.3. The zero-order chi connectivity index (χ0) is 13.0. The summed E-state index contributed by atoms with van der Waals surface area (Å²) in [6.07, 6.45) is 2.76. The van der Waals surface area contributed by atoms with E-state index in [2.05, 4.69) is 34.3 Å². The van der Waals surface area contributed by atoms with Gasteiger partial charge in [0.15, 0.2) is 0 Å². The molecule has 2 aromatic heterocycles. The predicted molar refractivity (Wildman–Crippen MR) is 72.7 cm³/mol. The Hall–Kier alpha value is -1.53. The molecule has 5 nitrogen and oxygen atoms in total. The van der Waals surface area contributed by atoms with Crippen molar-refractivity contribution in [1.82, 2.24) is 20.5 Å². The lowest BCUT2D eigenvalue weighted by Crippen LogP contribution is -2.18. The van der Waals surface area contributed by atoms with Crippen LogP contribution in [-0.4, -0.2) is 21.7 Å². The Kier molecular flexibility index (Phi) is 4.22. The molecule has 0 amide bonds. The monoisotopic (exact) mass is 264 g/mol. The maximum atomic E-state index is 11.0. The van der Waals surface area contributed by atoms with E-state index in [0.717, 1.165) is 28.5 Å². The fourth-order valence-corrected chi connectivity index (χ4v) is 2.38. The van der Waals surface area contributed by atoms with Gasteiger partial charge in [-0.15, -0.1) is 10.2 Å². The molecule has 0 aliphatic heterocycles. The second-order valence-corrected chi connectivity index (χ2v) is 5.07. The van der Waals surface area contributed by atoms with E-state index in [0.29, 0.717) is 0 Å². The van der Waals surface area contributed by atoms with Crippen LogP contribution >= 0.6 is 11.3 Å². The molecule has 0 bridgehead atoms. The molecule has 2 heterocycles. The average Bonchev–Trinajstić information content (AvgIpc) is 2.86. The Morgan fingerprint density at radius 2 is 2.28 bits per heavy atom. The Morgan fingerprint density at radius 1 is 1.44 bits per heavy atom. The van der Waals surface area contributed by atoms with Gasteiger partial charge < -0.3 is 10.3 Å². The first-order chi connectivity index (χ1) is 8.70. The first kappa shape index (κ1) is 12.9. The van der Waals surface area contributed by atoms with Crippen molar-refractivity contribution in [3.05, 3.63) is 33.7 Å². The Balaban J connectivity index is 2.14. The van der Waals surface area contributed by atoms with Gasteiger partial charge in [0.2, 0.25) is 5.56 Å². The van der Waals surface area contributed by atoms with Crippen molar-refractivity contribution in [2.45, 2.75) is 26.3 Å². The van der Waals surface area contributed by atoms with Gasteiger partial charge in [0.05, 0.1) is 6.04 Å². The quantitative estimate of drug-likeness (QED) is 0.866. The summed E-state index contributed by atoms with van der Waals surface area (Å²) in [4.78, 5) is 13.6. The van der Waals surface area contributed by atoms with Gasteiger partial charge in [-0.05, 0) is 26.0 Å². The fourth-order valence-electron chi connectivity index (χ4n) is 1.52. The lowest BCUT2D eigenvalue weighted by atomic mass is 10.3. The summed E-state index contributed by atoms with van der Waals surface area (Å²) in [6, 6.07) is 3.46. The predicted octanol–water partition coefficient (Wildman–Crippen LogP) is 1.95. The van der Waals surface area contributed by atoms with Crippen LogP contribution in [0.1, 0.15) is 31.3 Å². The first-order valence-corrected chi connectivity index (χ1v) is 6.78. The summed E-state index contributed by atoms with van der Waals surface area (Å²) < 4.78 is 0. The Morgan fingerprint density at radius 3 is 2.94 bits per heavy atom. The van der Waals surface area contributed by atoms with Gasteiger partial charge in [-0.25, -0.2) is 0 Å². The van der Waals surface area contributed by atoms with Crippen molar-refractivity contribution >= 4 is 11.3 Å². The van der Waals surface area contributed by atoms with Crippen molar-refractivity contribution < 1.29 is 0 Å². The second-order valence-electron chi connectivity index (χ2n) is 4.06. The zero-order valence-electron chi connectivity index (χ0n) is 10.4. The average molecular weight is 264 g/mol. The van der Waals surface area contributed by atoms with E-state index in [-0.39, 0.29) is 11.6 Å². The largest absolute Gasteiger partial charge is 0.328 e. The van der Waals surface area contributed by atoms with E-state index < -0.39 is 0 Å². The molecule has 2 N–H and O–H groups in total. The highest BCUT2D eigenvalue weighted by atomic mass is 32.1. The van der Waals surface area contributed by atoms with E-state index in [9.17, 15) is 4.79 Å². The number of rotatable bonds is 5. The molecule has 96 valence electrons. The molecule has 0 radical (unpaired) electrons. The Bertz CT molecular complexity index is 543. The first-order valence-electron chi connectivity index (χ1n) is 5.96. The summed E-state index contributed by atoms with van der Waals surface area (Å²) in [5, 5.41) is 13.5. The Labute approximate surface area is 109 Å². The maximum absolute atomic E-state index is 11.0. The highest BCUT2D eigenvalue weighted by molar-refractivity contribution is 7.14. The van der Waals surface area contributed by atoms with E-state index in [1.165, 1.54) is 6.07 Å². The lowest BCUT2D eigenvalue weighted by molar-refractivity contribution is 0.564. The molecule has 2 aromatic rings. The molecule has 1 atom stereocenters. The molecule has 0 saturated heterocycles. The molecule has 18 heavy (non-hydrogen) atoms. The van der Waals surface area contributed by atoms with Gasteiger partial charge in [-0.3, -0.25) is 4.79 Å². The summed E-state index contributed by atoms with van der Waals surface area (Å²) in [7, 11) is 0. The van der Waals surface area contributed by atoms with E-state index in [1.54, 1.807) is 23.6 Å². The van der Waals surface area contributed by atoms with Gasteiger partial charge in [0.1, 0.15) is 10.0 Å². The minimum absolute atomic E-state index is 0.110. The second kappa shape index (κ2) is 5.88. The van der Waals surface area contributed by atoms with E-state index >= 15 is 0 Å². The van der Waals surface area contributed by atoms with Crippen molar-refractivity contribution in [3.8, 4) is 10.6 Å². The van der Waals surface area contributed by atoms with E-state index in [1.807, 2.05) is 0 Å². The number of hydrogen-bond acceptors (Lipinski definition) is 5. The molecule has 0 saturated carbocycles. The van der Waals surface area contributed by atoms with Crippen LogP contribution in [0.25, 0.3) is 10.6 Å². The van der Waals surface area contributed by atoms with Crippen molar-refractivity contribution in [2.75, 3.05) is 6.54 Å². The summed E-state index contributed by atoms with van der Waals surface area (Å²) in [5.74, 6) is 0. The van der Waals surface area contributed by atoms with Crippen molar-refractivity contribution in [2.24, 2.45) is 0 Å². The van der Waals surface area contributed by atoms with Crippen LogP contribution in [0.4, 0.5) is 0 Å². The minimum Gasteiger partial charge on any atom is -0.328 e. The van der Waals surface area contributed by atoms with Gasteiger partial charge in [-0.1, -0.05) is 18.3 Å². The van der Waals surface area contributed by atoms with Gasteiger partial charge in [0.25, 0.3) is 0 Å². The van der Waals surface area contributed by atoms with Crippen LogP contribution in [0.15, 0.2) is 23.1 Å². The molecule has 6 heteroatoms. The van der Waals surface area contributed by atoms with Crippen LogP contribution in [-0.2, 0) is 0 Å². The number of hydrogen-bond donors (Lipinski definition) is 2. The number of nitrogens with zero attached hydrogens (tertiary/aromatic N) is 2. The third kappa shape index (κ3) is 3.02. The number of nitrogens with one attached hydrogen (secondary N) is 2. The van der Waals surface area contributed by atoms with Crippen LogP contribution in [0.2, 0.25) is 0 Å². The van der Waals surface area contributed by atoms with Gasteiger partial charge >= 0.3 is 0 Å². The molecule has 1 unspecified atom stereocenters. The number of aromatic amines is 1. The number of H-pyrrole nitrogens is 1. The fraction of sp³-hybridized carbons (Fsp3) is 0.417. The normalized spacial score (nSPS) is 12.6. The van der Waals surface area contributed by atoms with Crippen LogP contribution in [0, 0.1) is 0 Å². The summed E-state index contributed by atoms with van der Waals surface area (Å²) >= 11 is 1.54. The van der Waals surface area contributed by atoms with Crippen molar-refractivity contribution in [1.29, 1.82) is 0 Å². The molecule has 2 rings (SSSR count). The third-order valence-corrected chi connectivity index (χ3v) is 3.70. The molecule has 0 aliphatic rings. The minimum atomic E-state index is -0.110. The maximum Gasteiger partial charge on any atom is 0.247 e. The highest BCUT2D eigenvalue weighted by Gasteiger charge is 2.12. The van der Waals surface area contributed by atoms with Crippen LogP contribution in [0.5, 0.6) is 0 Å². The molecule has 0 aromatic carbocycles. The topological polar surface area (TPSA) is 70.7 Å². The molecular weight excluding hydrogens is 248 g/mol. The van der Waals surface area contributed by atoms with Crippen LogP contribution < -0.4 is 10.9 Å². The van der Waals surface area contributed by atoms with Crippen LogP contribution in [0.3, 0.4) is 0 Å². The SMILES string of the molecule is CCCNC(C)c1nnc(-c2ccc(=O)[nH]c2)s1. The standard InChI is InChI=1S/C12H16N4OS/c1-3-6-13-8(2)11-15-16-12(18-11)9-4-5-10(17)14-7-9/h4-5,7-8,13H,3,6H2,1-2H3,(H,14,17).